The number of aryl methyl sites for hydroxylation is 3. The molecule has 0 radical (unpaired) electrons. The Kier molecular flexibility index (Phi) is 4.72. The number of carbonyl (C=O) groups is 1. The second-order valence-corrected chi connectivity index (χ2v) is 6.92. The molecule has 1 atom stereocenters. The Labute approximate surface area is 144 Å². The van der Waals surface area contributed by atoms with Crippen LogP contribution in [0.2, 0.25) is 0 Å². The zero-order valence-electron chi connectivity index (χ0n) is 15.0. The van der Waals surface area contributed by atoms with Crippen molar-refractivity contribution >= 4 is 11.6 Å². The van der Waals surface area contributed by atoms with Crippen LogP contribution in [0.3, 0.4) is 0 Å². The van der Waals surface area contributed by atoms with E-state index in [1.165, 1.54) is 16.7 Å². The highest BCUT2D eigenvalue weighted by Gasteiger charge is 2.32. The van der Waals surface area contributed by atoms with Crippen molar-refractivity contribution in [1.82, 2.24) is 4.90 Å². The number of carbonyl (C=O) groups excluding carboxylic acids is 1. The average molecular weight is 322 g/mol. The molecule has 1 fully saturated rings. The molecule has 1 unspecified atom stereocenters. The molecule has 3 heteroatoms. The van der Waals surface area contributed by atoms with Gasteiger partial charge in [-0.15, -0.1) is 0 Å². The molecule has 0 bridgehead atoms. The summed E-state index contributed by atoms with van der Waals surface area (Å²) in [6, 6.07) is 14.8. The van der Waals surface area contributed by atoms with Gasteiger partial charge in [0.2, 0.25) is 5.91 Å². The summed E-state index contributed by atoms with van der Waals surface area (Å²) in [4.78, 5) is 17.2. The van der Waals surface area contributed by atoms with E-state index in [9.17, 15) is 4.79 Å². The minimum atomic E-state index is -0.0980. The van der Waals surface area contributed by atoms with Gasteiger partial charge in [0.1, 0.15) is 0 Å². The van der Waals surface area contributed by atoms with Crippen LogP contribution in [0.4, 0.5) is 5.69 Å². The smallest absolute Gasteiger partial charge is 0.244 e. The van der Waals surface area contributed by atoms with E-state index >= 15 is 0 Å². The lowest BCUT2D eigenvalue weighted by molar-refractivity contribution is -0.125. The Morgan fingerprint density at radius 1 is 1.00 bits per heavy atom. The zero-order valence-corrected chi connectivity index (χ0v) is 15.0. The molecular weight excluding hydrogens is 296 g/mol. The molecule has 24 heavy (non-hydrogen) atoms. The van der Waals surface area contributed by atoms with Gasteiger partial charge in [-0.05, 0) is 50.5 Å². The first-order valence-electron chi connectivity index (χ1n) is 8.64. The maximum atomic E-state index is 12.9. The van der Waals surface area contributed by atoms with Gasteiger partial charge in [0.15, 0.2) is 0 Å². The highest BCUT2D eigenvalue weighted by atomic mass is 16.2. The lowest BCUT2D eigenvalue weighted by Gasteiger charge is -2.39. The van der Waals surface area contributed by atoms with Crippen molar-refractivity contribution in [3.8, 4) is 0 Å². The Morgan fingerprint density at radius 3 is 2.50 bits per heavy atom. The Bertz CT molecular complexity index is 753. The van der Waals surface area contributed by atoms with Gasteiger partial charge in [0.05, 0.1) is 6.04 Å². The molecule has 2 aromatic carbocycles. The van der Waals surface area contributed by atoms with Crippen molar-refractivity contribution in [1.29, 1.82) is 0 Å². The predicted molar refractivity (Wildman–Crippen MR) is 99.3 cm³/mol. The Hall–Kier alpha value is -2.13. The van der Waals surface area contributed by atoms with Crippen molar-refractivity contribution in [3.63, 3.8) is 0 Å². The second kappa shape index (κ2) is 6.78. The average Bonchev–Trinajstić information content (AvgIpc) is 2.55. The van der Waals surface area contributed by atoms with Crippen molar-refractivity contribution in [2.24, 2.45) is 0 Å². The first-order chi connectivity index (χ1) is 11.5. The van der Waals surface area contributed by atoms with Crippen LogP contribution in [-0.2, 0) is 11.3 Å². The SMILES string of the molecule is Cc1cccc(CN2CCN(c3cc(C)ccc3C)C(=O)C2C)c1. The highest BCUT2D eigenvalue weighted by molar-refractivity contribution is 5.98. The summed E-state index contributed by atoms with van der Waals surface area (Å²) in [5.74, 6) is 0.197. The molecule has 1 aliphatic rings. The number of amides is 1. The fourth-order valence-electron chi connectivity index (χ4n) is 3.42. The molecule has 3 nitrogen and oxygen atoms in total. The topological polar surface area (TPSA) is 23.6 Å². The van der Waals surface area contributed by atoms with Crippen molar-refractivity contribution < 1.29 is 4.79 Å². The van der Waals surface area contributed by atoms with Gasteiger partial charge in [0, 0.05) is 25.3 Å². The third kappa shape index (κ3) is 3.36. The summed E-state index contributed by atoms with van der Waals surface area (Å²) >= 11 is 0. The van der Waals surface area contributed by atoms with Gasteiger partial charge in [-0.3, -0.25) is 9.69 Å². The highest BCUT2D eigenvalue weighted by Crippen LogP contribution is 2.26. The molecule has 1 heterocycles. The maximum Gasteiger partial charge on any atom is 0.244 e. The molecule has 2 aromatic rings. The van der Waals surface area contributed by atoms with Crippen LogP contribution in [0.15, 0.2) is 42.5 Å². The summed E-state index contributed by atoms with van der Waals surface area (Å²) in [5.41, 5.74) is 5.95. The van der Waals surface area contributed by atoms with Crippen LogP contribution in [-0.4, -0.2) is 29.9 Å². The number of hydrogen-bond acceptors (Lipinski definition) is 2. The third-order valence-corrected chi connectivity index (χ3v) is 4.91. The number of anilines is 1. The van der Waals surface area contributed by atoms with E-state index in [0.29, 0.717) is 0 Å². The maximum absolute atomic E-state index is 12.9. The monoisotopic (exact) mass is 322 g/mol. The minimum Gasteiger partial charge on any atom is -0.310 e. The number of rotatable bonds is 3. The van der Waals surface area contributed by atoms with Crippen LogP contribution in [0, 0.1) is 20.8 Å². The molecule has 0 aromatic heterocycles. The van der Waals surface area contributed by atoms with Gasteiger partial charge in [-0.25, -0.2) is 0 Å². The van der Waals surface area contributed by atoms with Gasteiger partial charge < -0.3 is 4.90 Å². The van der Waals surface area contributed by atoms with Crippen molar-refractivity contribution in [3.05, 3.63) is 64.7 Å². The number of nitrogens with zero attached hydrogens (tertiary/aromatic N) is 2. The first-order valence-corrected chi connectivity index (χ1v) is 8.64. The molecule has 1 aliphatic heterocycles. The number of benzene rings is 2. The summed E-state index contributed by atoms with van der Waals surface area (Å²) in [6.07, 6.45) is 0. The van der Waals surface area contributed by atoms with E-state index in [1.807, 2.05) is 11.8 Å². The number of hydrogen-bond donors (Lipinski definition) is 0. The minimum absolute atomic E-state index is 0.0980. The largest absolute Gasteiger partial charge is 0.310 e. The third-order valence-electron chi connectivity index (χ3n) is 4.91. The quantitative estimate of drug-likeness (QED) is 0.857. The Morgan fingerprint density at radius 2 is 1.75 bits per heavy atom. The summed E-state index contributed by atoms with van der Waals surface area (Å²) in [7, 11) is 0. The first kappa shape index (κ1) is 16.7. The summed E-state index contributed by atoms with van der Waals surface area (Å²) in [6.45, 7) is 10.8. The zero-order chi connectivity index (χ0) is 17.3. The van der Waals surface area contributed by atoms with Crippen molar-refractivity contribution in [2.45, 2.75) is 40.3 Å². The van der Waals surface area contributed by atoms with Gasteiger partial charge >= 0.3 is 0 Å². The van der Waals surface area contributed by atoms with Crippen LogP contribution < -0.4 is 4.90 Å². The normalized spacial score (nSPS) is 18.9. The fourth-order valence-corrected chi connectivity index (χ4v) is 3.42. The summed E-state index contributed by atoms with van der Waals surface area (Å²) in [5, 5.41) is 0. The molecule has 0 N–H and O–H groups in total. The van der Waals surface area contributed by atoms with E-state index in [-0.39, 0.29) is 11.9 Å². The van der Waals surface area contributed by atoms with Crippen LogP contribution in [0.5, 0.6) is 0 Å². The fraction of sp³-hybridized carbons (Fsp3) is 0.381. The molecule has 1 amide bonds. The van der Waals surface area contributed by atoms with E-state index in [2.05, 4.69) is 68.1 Å². The van der Waals surface area contributed by atoms with Gasteiger partial charge in [-0.2, -0.15) is 0 Å². The molecular formula is C21H26N2O. The molecule has 1 saturated heterocycles. The standard InChI is InChI=1S/C21H26N2O/c1-15-6-5-7-19(12-15)14-22-10-11-23(21(24)18(22)4)20-13-16(2)8-9-17(20)3/h5-9,12-13,18H,10-11,14H2,1-4H3. The summed E-state index contributed by atoms with van der Waals surface area (Å²) < 4.78 is 0. The van der Waals surface area contributed by atoms with Crippen molar-refractivity contribution in [2.75, 3.05) is 18.0 Å². The molecule has 126 valence electrons. The van der Waals surface area contributed by atoms with E-state index < -0.39 is 0 Å². The van der Waals surface area contributed by atoms with E-state index in [1.54, 1.807) is 0 Å². The second-order valence-electron chi connectivity index (χ2n) is 6.92. The molecule has 0 spiro atoms. The number of piperazine rings is 1. The predicted octanol–water partition coefficient (Wildman–Crippen LogP) is 3.85. The Balaban J connectivity index is 1.77. The molecule has 0 saturated carbocycles. The lowest BCUT2D eigenvalue weighted by Crippen LogP contribution is -2.55. The molecule has 3 rings (SSSR count). The van der Waals surface area contributed by atoms with Crippen LogP contribution in [0.1, 0.15) is 29.2 Å². The van der Waals surface area contributed by atoms with E-state index in [4.69, 9.17) is 0 Å². The van der Waals surface area contributed by atoms with Crippen LogP contribution >= 0.6 is 0 Å². The van der Waals surface area contributed by atoms with Crippen LogP contribution in [0.25, 0.3) is 0 Å². The van der Waals surface area contributed by atoms with E-state index in [0.717, 1.165) is 30.9 Å². The molecule has 0 aliphatic carbocycles. The van der Waals surface area contributed by atoms with Gasteiger partial charge in [0.25, 0.3) is 0 Å². The van der Waals surface area contributed by atoms with Gasteiger partial charge in [-0.1, -0.05) is 42.0 Å². The lowest BCUT2D eigenvalue weighted by atomic mass is 10.1.